The summed E-state index contributed by atoms with van der Waals surface area (Å²) in [4.78, 5) is 14.4. The Hall–Kier alpha value is -2.07. The van der Waals surface area contributed by atoms with Crippen LogP contribution in [0.3, 0.4) is 0 Å². The Balaban J connectivity index is 2.40. The van der Waals surface area contributed by atoms with Gasteiger partial charge in [0, 0.05) is 23.2 Å². The molecule has 0 amide bonds. The van der Waals surface area contributed by atoms with Crippen LogP contribution in [0.2, 0.25) is 0 Å². The van der Waals surface area contributed by atoms with Crippen LogP contribution in [-0.4, -0.2) is 23.6 Å². The van der Waals surface area contributed by atoms with E-state index in [-0.39, 0.29) is 11.5 Å². The number of carbonyl (C=O) groups is 1. The molecule has 0 aliphatic carbocycles. The number of aromatic amines is 1. The molecule has 0 aliphatic rings. The van der Waals surface area contributed by atoms with Crippen molar-refractivity contribution in [2.75, 3.05) is 7.11 Å². The highest BCUT2D eigenvalue weighted by atomic mass is 16.5. The highest BCUT2D eigenvalue weighted by Gasteiger charge is 2.15. The lowest BCUT2D eigenvalue weighted by Crippen LogP contribution is -2.34. The van der Waals surface area contributed by atoms with E-state index in [1.54, 1.807) is 6.08 Å². The first kappa shape index (κ1) is 14.3. The molecule has 1 aromatic heterocycles. The Labute approximate surface area is 118 Å². The first-order chi connectivity index (χ1) is 9.40. The number of hydrogen-bond acceptors (Lipinski definition) is 3. The highest BCUT2D eigenvalue weighted by Crippen LogP contribution is 2.25. The Morgan fingerprint density at radius 2 is 2.20 bits per heavy atom. The third kappa shape index (κ3) is 3.27. The lowest BCUT2D eigenvalue weighted by atomic mass is 9.95. The Kier molecular flexibility index (Phi) is 3.95. The number of nitrogens with two attached hydrogens (primary N) is 1. The molecule has 0 unspecified atom stereocenters. The summed E-state index contributed by atoms with van der Waals surface area (Å²) in [7, 11) is 1.36. The van der Waals surface area contributed by atoms with Crippen molar-refractivity contribution in [3.05, 3.63) is 41.6 Å². The van der Waals surface area contributed by atoms with E-state index in [1.165, 1.54) is 18.7 Å². The van der Waals surface area contributed by atoms with E-state index < -0.39 is 0 Å². The molecule has 4 nitrogen and oxygen atoms in total. The Morgan fingerprint density at radius 3 is 2.85 bits per heavy atom. The minimum absolute atomic E-state index is 0.257. The van der Waals surface area contributed by atoms with Crippen molar-refractivity contribution in [2.45, 2.75) is 25.8 Å². The zero-order valence-electron chi connectivity index (χ0n) is 12.1. The number of esters is 1. The van der Waals surface area contributed by atoms with Gasteiger partial charge in [-0.1, -0.05) is 18.2 Å². The quantitative estimate of drug-likeness (QED) is 0.664. The molecule has 106 valence electrons. The minimum atomic E-state index is -0.364. The van der Waals surface area contributed by atoms with Gasteiger partial charge in [-0.25, -0.2) is 4.79 Å². The van der Waals surface area contributed by atoms with Gasteiger partial charge >= 0.3 is 5.97 Å². The fourth-order valence-corrected chi connectivity index (χ4v) is 2.24. The van der Waals surface area contributed by atoms with E-state index in [9.17, 15) is 4.79 Å². The van der Waals surface area contributed by atoms with E-state index in [2.05, 4.69) is 15.8 Å². The van der Waals surface area contributed by atoms with Gasteiger partial charge < -0.3 is 15.5 Å². The van der Waals surface area contributed by atoms with Gasteiger partial charge in [0.25, 0.3) is 0 Å². The average Bonchev–Trinajstić information content (AvgIpc) is 2.77. The van der Waals surface area contributed by atoms with Gasteiger partial charge in [0.1, 0.15) is 0 Å². The molecular weight excluding hydrogens is 252 g/mol. The van der Waals surface area contributed by atoms with Crippen LogP contribution in [0.15, 0.2) is 30.5 Å². The second-order valence-corrected chi connectivity index (χ2v) is 5.61. The molecule has 0 spiro atoms. The second-order valence-electron chi connectivity index (χ2n) is 5.61. The van der Waals surface area contributed by atoms with Crippen LogP contribution in [0, 0.1) is 0 Å². The van der Waals surface area contributed by atoms with E-state index in [0.29, 0.717) is 0 Å². The highest BCUT2D eigenvalue weighted by molar-refractivity contribution is 5.94. The van der Waals surface area contributed by atoms with Gasteiger partial charge in [-0.2, -0.15) is 0 Å². The fourth-order valence-electron chi connectivity index (χ4n) is 2.24. The summed E-state index contributed by atoms with van der Waals surface area (Å²) in [6, 6.07) is 5.98. The smallest absolute Gasteiger partial charge is 0.330 e. The standard InChI is InChI=1S/C16H20N2O2/c1-16(2,17)9-12-10-18-15-11(5-4-6-13(12)15)7-8-14(19)20-3/h4-8,10,18H,9,17H2,1-3H3. The number of aromatic nitrogens is 1. The number of hydrogen-bond donors (Lipinski definition) is 2. The molecule has 0 bridgehead atoms. The Morgan fingerprint density at radius 1 is 1.45 bits per heavy atom. The Bertz CT molecular complexity index is 648. The van der Waals surface area contributed by atoms with Crippen molar-refractivity contribution in [1.82, 2.24) is 4.98 Å². The maximum atomic E-state index is 11.2. The van der Waals surface area contributed by atoms with E-state index in [1.807, 2.05) is 32.2 Å². The first-order valence-electron chi connectivity index (χ1n) is 6.54. The van der Waals surface area contributed by atoms with E-state index in [4.69, 9.17) is 5.73 Å². The zero-order chi connectivity index (χ0) is 14.8. The predicted octanol–water partition coefficient (Wildman–Crippen LogP) is 2.63. The summed E-state index contributed by atoms with van der Waals surface area (Å²) in [6.45, 7) is 4.01. The van der Waals surface area contributed by atoms with Crippen molar-refractivity contribution in [1.29, 1.82) is 0 Å². The van der Waals surface area contributed by atoms with Crippen molar-refractivity contribution < 1.29 is 9.53 Å². The molecule has 0 atom stereocenters. The van der Waals surface area contributed by atoms with Crippen LogP contribution < -0.4 is 5.73 Å². The van der Waals surface area contributed by atoms with Crippen LogP contribution in [0.4, 0.5) is 0 Å². The molecule has 4 heteroatoms. The summed E-state index contributed by atoms with van der Waals surface area (Å²) in [5.41, 5.74) is 8.97. The number of methoxy groups -OCH3 is 1. The van der Waals surface area contributed by atoms with Gasteiger partial charge in [-0.05, 0) is 37.5 Å². The lowest BCUT2D eigenvalue weighted by molar-refractivity contribution is -0.134. The summed E-state index contributed by atoms with van der Waals surface area (Å²) in [6.07, 6.45) is 5.94. The van der Waals surface area contributed by atoms with Gasteiger partial charge in [0.15, 0.2) is 0 Å². The lowest BCUT2D eigenvalue weighted by Gasteiger charge is -2.17. The number of H-pyrrole nitrogens is 1. The molecular formula is C16H20N2O2. The van der Waals surface area contributed by atoms with Crippen LogP contribution in [0.25, 0.3) is 17.0 Å². The van der Waals surface area contributed by atoms with Crippen molar-refractivity contribution in [3.8, 4) is 0 Å². The van der Waals surface area contributed by atoms with Crippen LogP contribution >= 0.6 is 0 Å². The van der Waals surface area contributed by atoms with Crippen LogP contribution in [0.5, 0.6) is 0 Å². The summed E-state index contributed by atoms with van der Waals surface area (Å²) >= 11 is 0. The average molecular weight is 272 g/mol. The number of benzene rings is 1. The van der Waals surface area contributed by atoms with Crippen molar-refractivity contribution in [3.63, 3.8) is 0 Å². The number of carbonyl (C=O) groups excluding carboxylic acids is 1. The monoisotopic (exact) mass is 272 g/mol. The normalized spacial score (nSPS) is 12.2. The van der Waals surface area contributed by atoms with Gasteiger partial charge in [0.2, 0.25) is 0 Å². The molecule has 0 saturated carbocycles. The summed E-state index contributed by atoms with van der Waals surface area (Å²) in [5.74, 6) is -0.364. The number of nitrogens with one attached hydrogen (secondary N) is 1. The molecule has 0 radical (unpaired) electrons. The predicted molar refractivity (Wildman–Crippen MR) is 81.3 cm³/mol. The van der Waals surface area contributed by atoms with Crippen LogP contribution in [-0.2, 0) is 16.0 Å². The number of fused-ring (bicyclic) bond motifs is 1. The van der Waals surface area contributed by atoms with E-state index in [0.717, 1.165) is 22.9 Å². The van der Waals surface area contributed by atoms with Crippen LogP contribution in [0.1, 0.15) is 25.0 Å². The number of ether oxygens (including phenoxy) is 1. The SMILES string of the molecule is COC(=O)C=Cc1cccc2c(CC(C)(C)N)c[nH]c12. The molecule has 1 heterocycles. The third-order valence-corrected chi connectivity index (χ3v) is 3.08. The van der Waals surface area contributed by atoms with Gasteiger partial charge in [0.05, 0.1) is 12.6 Å². The molecule has 2 aromatic rings. The van der Waals surface area contributed by atoms with Gasteiger partial charge in [-0.15, -0.1) is 0 Å². The van der Waals surface area contributed by atoms with E-state index >= 15 is 0 Å². The third-order valence-electron chi connectivity index (χ3n) is 3.08. The largest absolute Gasteiger partial charge is 0.466 e. The fraction of sp³-hybridized carbons (Fsp3) is 0.312. The van der Waals surface area contributed by atoms with Gasteiger partial charge in [-0.3, -0.25) is 0 Å². The summed E-state index contributed by atoms with van der Waals surface area (Å²) in [5, 5.41) is 1.13. The first-order valence-corrected chi connectivity index (χ1v) is 6.54. The second kappa shape index (κ2) is 5.51. The number of para-hydroxylation sites is 1. The molecule has 0 fully saturated rings. The zero-order valence-corrected chi connectivity index (χ0v) is 12.1. The molecule has 3 N–H and O–H groups in total. The summed E-state index contributed by atoms with van der Waals surface area (Å²) < 4.78 is 4.60. The molecule has 20 heavy (non-hydrogen) atoms. The minimum Gasteiger partial charge on any atom is -0.466 e. The maximum absolute atomic E-state index is 11.2. The molecule has 1 aromatic carbocycles. The molecule has 2 rings (SSSR count). The number of rotatable bonds is 4. The topological polar surface area (TPSA) is 68.1 Å². The molecule has 0 aliphatic heterocycles. The molecule has 0 saturated heterocycles. The van der Waals surface area contributed by atoms with Crippen molar-refractivity contribution >= 4 is 22.9 Å². The maximum Gasteiger partial charge on any atom is 0.330 e. The van der Waals surface area contributed by atoms with Crippen molar-refractivity contribution in [2.24, 2.45) is 5.73 Å².